The fourth-order valence-electron chi connectivity index (χ4n) is 1.45. The van der Waals surface area contributed by atoms with Crippen LogP contribution in [-0.4, -0.2) is 48.2 Å². The summed E-state index contributed by atoms with van der Waals surface area (Å²) in [6, 6.07) is 6.20. The molecule has 124 valence electrons. The Balaban J connectivity index is 2.48. The van der Waals surface area contributed by atoms with Crippen molar-refractivity contribution in [3.8, 4) is 5.75 Å². The highest BCUT2D eigenvalue weighted by Crippen LogP contribution is 2.19. The van der Waals surface area contributed by atoms with Gasteiger partial charge in [-0.3, -0.25) is 9.00 Å². The van der Waals surface area contributed by atoms with E-state index in [0.717, 1.165) is 0 Å². The molecule has 9 heteroatoms. The Morgan fingerprint density at radius 2 is 2.05 bits per heavy atom. The van der Waals surface area contributed by atoms with Crippen LogP contribution in [0.25, 0.3) is 0 Å². The summed E-state index contributed by atoms with van der Waals surface area (Å²) in [6.07, 6.45) is 0. The summed E-state index contributed by atoms with van der Waals surface area (Å²) in [5.41, 5.74) is -4.52. The van der Waals surface area contributed by atoms with Gasteiger partial charge >= 0.3 is 5.51 Å². The van der Waals surface area contributed by atoms with Crippen molar-refractivity contribution in [2.24, 2.45) is 0 Å². The number of halogens is 3. The van der Waals surface area contributed by atoms with E-state index in [4.69, 9.17) is 9.47 Å². The van der Waals surface area contributed by atoms with Crippen LogP contribution in [0.2, 0.25) is 0 Å². The number of nitrogens with one attached hydrogen (secondary N) is 1. The molecule has 0 heterocycles. The Morgan fingerprint density at radius 3 is 2.68 bits per heavy atom. The molecule has 1 unspecified atom stereocenters. The van der Waals surface area contributed by atoms with Crippen LogP contribution >= 0.6 is 0 Å². The molecular formula is C13H16F3NO4S. The van der Waals surface area contributed by atoms with E-state index in [9.17, 15) is 22.2 Å². The van der Waals surface area contributed by atoms with Gasteiger partial charge in [-0.25, -0.2) is 0 Å². The minimum atomic E-state index is -4.76. The van der Waals surface area contributed by atoms with Crippen molar-refractivity contribution in [1.29, 1.82) is 0 Å². The molecule has 0 spiro atoms. The molecule has 1 rings (SSSR count). The predicted molar refractivity (Wildman–Crippen MR) is 75.2 cm³/mol. The van der Waals surface area contributed by atoms with Crippen LogP contribution in [0.5, 0.6) is 5.75 Å². The summed E-state index contributed by atoms with van der Waals surface area (Å²) < 4.78 is 57.1. The topological polar surface area (TPSA) is 64.6 Å². The van der Waals surface area contributed by atoms with Crippen molar-refractivity contribution < 1.29 is 31.6 Å². The number of hydrogen-bond acceptors (Lipinski definition) is 4. The standard InChI is InChI=1S/C13H16F3NO4S/c1-20-6-7-21-11-4-2-3-10(9-11)12(18)17-5-8-22(19)13(14,15)16/h2-4,9H,5-8H2,1H3,(H,17,18). The maximum Gasteiger partial charge on any atom is 0.471 e. The number of benzene rings is 1. The van der Waals surface area contributed by atoms with E-state index in [2.05, 4.69) is 5.32 Å². The number of rotatable bonds is 8. The lowest BCUT2D eigenvalue weighted by atomic mass is 10.2. The lowest BCUT2D eigenvalue weighted by Crippen LogP contribution is -2.31. The first-order valence-corrected chi connectivity index (χ1v) is 7.61. The van der Waals surface area contributed by atoms with Crippen molar-refractivity contribution in [3.05, 3.63) is 29.8 Å². The summed E-state index contributed by atoms with van der Waals surface area (Å²) in [7, 11) is -1.45. The Morgan fingerprint density at radius 1 is 1.32 bits per heavy atom. The number of methoxy groups -OCH3 is 1. The van der Waals surface area contributed by atoms with E-state index in [1.807, 2.05) is 0 Å². The summed E-state index contributed by atoms with van der Waals surface area (Å²) >= 11 is 0. The molecule has 1 aromatic carbocycles. The van der Waals surface area contributed by atoms with Gasteiger partial charge < -0.3 is 14.8 Å². The number of amides is 1. The smallest absolute Gasteiger partial charge is 0.471 e. The van der Waals surface area contributed by atoms with Crippen molar-refractivity contribution in [2.75, 3.05) is 32.6 Å². The second kappa shape index (κ2) is 8.74. The summed E-state index contributed by atoms with van der Waals surface area (Å²) in [6.45, 7) is 0.367. The Kier molecular flexibility index (Phi) is 7.33. The zero-order valence-electron chi connectivity index (χ0n) is 11.8. The third kappa shape index (κ3) is 6.44. The number of ether oxygens (including phenoxy) is 2. The normalized spacial score (nSPS) is 12.7. The van der Waals surface area contributed by atoms with Crippen LogP contribution in [-0.2, 0) is 15.5 Å². The third-order valence-electron chi connectivity index (χ3n) is 2.48. The van der Waals surface area contributed by atoms with E-state index < -0.39 is 28.0 Å². The second-order valence-corrected chi connectivity index (χ2v) is 5.68. The third-order valence-corrected chi connectivity index (χ3v) is 3.57. The van der Waals surface area contributed by atoms with Crippen LogP contribution in [0.3, 0.4) is 0 Å². The van der Waals surface area contributed by atoms with Gasteiger partial charge in [0.25, 0.3) is 5.91 Å². The van der Waals surface area contributed by atoms with E-state index in [-0.39, 0.29) is 12.1 Å². The molecule has 1 aromatic rings. The molecule has 22 heavy (non-hydrogen) atoms. The molecule has 0 radical (unpaired) electrons. The van der Waals surface area contributed by atoms with Crippen LogP contribution < -0.4 is 10.1 Å². The quantitative estimate of drug-likeness (QED) is 0.733. The van der Waals surface area contributed by atoms with Gasteiger partial charge in [-0.1, -0.05) is 6.07 Å². The van der Waals surface area contributed by atoms with Gasteiger partial charge in [0, 0.05) is 25.0 Å². The average molecular weight is 339 g/mol. The zero-order valence-corrected chi connectivity index (χ0v) is 12.6. The molecule has 0 aliphatic rings. The van der Waals surface area contributed by atoms with Crippen LogP contribution in [0, 0.1) is 0 Å². The monoisotopic (exact) mass is 339 g/mol. The highest BCUT2D eigenvalue weighted by molar-refractivity contribution is 7.85. The van der Waals surface area contributed by atoms with Crippen LogP contribution in [0.15, 0.2) is 24.3 Å². The van der Waals surface area contributed by atoms with E-state index in [0.29, 0.717) is 19.0 Å². The molecule has 0 fully saturated rings. The SMILES string of the molecule is COCCOc1cccc(C(=O)NCCS(=O)C(F)(F)F)c1. The largest absolute Gasteiger partial charge is 0.491 e. The minimum Gasteiger partial charge on any atom is -0.491 e. The van der Waals surface area contributed by atoms with Gasteiger partial charge in [-0.2, -0.15) is 13.2 Å². The first-order chi connectivity index (χ1) is 10.3. The molecule has 0 saturated heterocycles. The second-order valence-electron chi connectivity index (χ2n) is 4.12. The Labute approximate surface area is 128 Å². The first kappa shape index (κ1) is 18.4. The zero-order chi connectivity index (χ0) is 16.6. The fourth-order valence-corrected chi connectivity index (χ4v) is 1.96. The molecule has 5 nitrogen and oxygen atoms in total. The highest BCUT2D eigenvalue weighted by atomic mass is 32.2. The Bertz CT molecular complexity index is 522. The summed E-state index contributed by atoms with van der Waals surface area (Å²) in [5.74, 6) is -0.792. The molecule has 1 amide bonds. The summed E-state index contributed by atoms with van der Waals surface area (Å²) in [4.78, 5) is 11.8. The molecular weight excluding hydrogens is 323 g/mol. The van der Waals surface area contributed by atoms with Crippen molar-refractivity contribution in [1.82, 2.24) is 5.32 Å². The molecule has 1 atom stereocenters. The van der Waals surface area contributed by atoms with Gasteiger partial charge in [-0.05, 0) is 18.2 Å². The predicted octanol–water partition coefficient (Wildman–Crippen LogP) is 1.71. The van der Waals surface area contributed by atoms with Gasteiger partial charge in [0.15, 0.2) is 0 Å². The fraction of sp³-hybridized carbons (Fsp3) is 0.462. The number of carbonyl (C=O) groups excluding carboxylic acids is 1. The van der Waals surface area contributed by atoms with E-state index in [1.54, 1.807) is 12.1 Å². The first-order valence-electron chi connectivity index (χ1n) is 6.30. The number of hydrogen-bond donors (Lipinski definition) is 1. The van der Waals surface area contributed by atoms with Crippen LogP contribution in [0.4, 0.5) is 13.2 Å². The van der Waals surface area contributed by atoms with Crippen molar-refractivity contribution >= 4 is 16.7 Å². The van der Waals surface area contributed by atoms with Gasteiger partial charge in [0.2, 0.25) is 0 Å². The maximum atomic E-state index is 12.1. The number of alkyl halides is 3. The molecule has 0 aliphatic carbocycles. The minimum absolute atomic E-state index is 0.243. The molecule has 1 N–H and O–H groups in total. The molecule has 0 saturated carbocycles. The van der Waals surface area contributed by atoms with Crippen molar-refractivity contribution in [3.63, 3.8) is 0 Å². The molecule has 0 aromatic heterocycles. The maximum absolute atomic E-state index is 12.1. The van der Waals surface area contributed by atoms with Crippen LogP contribution in [0.1, 0.15) is 10.4 Å². The van der Waals surface area contributed by atoms with Gasteiger partial charge in [0.05, 0.1) is 6.61 Å². The summed E-state index contributed by atoms with van der Waals surface area (Å²) in [5, 5.41) is 2.28. The van der Waals surface area contributed by atoms with E-state index in [1.165, 1.54) is 19.2 Å². The molecule has 0 aliphatic heterocycles. The van der Waals surface area contributed by atoms with E-state index >= 15 is 0 Å². The average Bonchev–Trinajstić information content (AvgIpc) is 2.46. The van der Waals surface area contributed by atoms with Gasteiger partial charge in [-0.15, -0.1) is 0 Å². The number of carbonyl (C=O) groups is 1. The highest BCUT2D eigenvalue weighted by Gasteiger charge is 2.36. The van der Waals surface area contributed by atoms with Gasteiger partial charge in [0.1, 0.15) is 23.2 Å². The lowest BCUT2D eigenvalue weighted by molar-refractivity contribution is -0.0384. The lowest BCUT2D eigenvalue weighted by Gasteiger charge is -2.09. The Hall–Kier alpha value is -1.61. The molecule has 0 bridgehead atoms. The van der Waals surface area contributed by atoms with Crippen molar-refractivity contribution in [2.45, 2.75) is 5.51 Å².